The molecule has 2 aromatic rings. The fourth-order valence-corrected chi connectivity index (χ4v) is 5.19. The zero-order valence-electron chi connectivity index (χ0n) is 16.0. The lowest BCUT2D eigenvalue weighted by Gasteiger charge is -2.38. The first-order chi connectivity index (χ1) is 12.6. The van der Waals surface area contributed by atoms with Crippen LogP contribution in [0.4, 0.5) is 6.01 Å². The molecule has 6 nitrogen and oxygen atoms in total. The molecule has 2 N–H and O–H groups in total. The Morgan fingerprint density at radius 1 is 1.14 bits per heavy atom. The van der Waals surface area contributed by atoms with Crippen LogP contribution < -0.4 is 10.6 Å². The summed E-state index contributed by atoms with van der Waals surface area (Å²) < 4.78 is 5.91. The van der Waals surface area contributed by atoms with E-state index < -0.39 is 0 Å². The molecule has 4 atom stereocenters. The molecular formula is C20H28Cl2N4O2. The van der Waals surface area contributed by atoms with Crippen molar-refractivity contribution in [3.63, 3.8) is 0 Å². The highest BCUT2D eigenvalue weighted by Gasteiger charge is 2.50. The minimum Gasteiger partial charge on any atom is -0.423 e. The average Bonchev–Trinajstić information content (AvgIpc) is 3.35. The van der Waals surface area contributed by atoms with Gasteiger partial charge in [0.2, 0.25) is 5.91 Å². The summed E-state index contributed by atoms with van der Waals surface area (Å²) in [6, 6.07) is 6.77. The van der Waals surface area contributed by atoms with E-state index in [1.54, 1.807) is 0 Å². The summed E-state index contributed by atoms with van der Waals surface area (Å²) in [5, 5.41) is 0. The molecule has 4 unspecified atom stereocenters. The van der Waals surface area contributed by atoms with Crippen molar-refractivity contribution in [2.24, 2.45) is 23.5 Å². The van der Waals surface area contributed by atoms with Crippen molar-refractivity contribution < 1.29 is 9.21 Å². The van der Waals surface area contributed by atoms with Crippen molar-refractivity contribution in [2.75, 3.05) is 31.1 Å². The van der Waals surface area contributed by atoms with Crippen molar-refractivity contribution in [3.05, 3.63) is 23.8 Å². The maximum Gasteiger partial charge on any atom is 0.298 e. The van der Waals surface area contributed by atoms with E-state index in [0.717, 1.165) is 43.7 Å². The second-order valence-electron chi connectivity index (χ2n) is 8.22. The van der Waals surface area contributed by atoms with Crippen LogP contribution in [0.5, 0.6) is 0 Å². The van der Waals surface area contributed by atoms with Crippen LogP contribution in [0.25, 0.3) is 11.1 Å². The van der Waals surface area contributed by atoms with E-state index >= 15 is 0 Å². The van der Waals surface area contributed by atoms with Crippen molar-refractivity contribution >= 4 is 47.8 Å². The highest BCUT2D eigenvalue weighted by Crippen LogP contribution is 2.48. The number of amides is 1. The molecule has 2 bridgehead atoms. The SMILES string of the molecule is Cc1ccc2oc(N3CCN(C(=O)C4C5CCC(C5)C4N)CC3)nc2c1.Cl.Cl. The summed E-state index contributed by atoms with van der Waals surface area (Å²) in [5.41, 5.74) is 9.25. The van der Waals surface area contributed by atoms with Crippen LogP contribution in [-0.4, -0.2) is 48.0 Å². The largest absolute Gasteiger partial charge is 0.423 e. The van der Waals surface area contributed by atoms with Gasteiger partial charge >= 0.3 is 0 Å². The van der Waals surface area contributed by atoms with E-state index in [1.807, 2.05) is 23.1 Å². The molecule has 1 aliphatic heterocycles. The van der Waals surface area contributed by atoms with Gasteiger partial charge in [0.1, 0.15) is 5.52 Å². The number of rotatable bonds is 2. The Labute approximate surface area is 177 Å². The van der Waals surface area contributed by atoms with Crippen LogP contribution in [0.1, 0.15) is 24.8 Å². The molecular weight excluding hydrogens is 399 g/mol. The number of anilines is 1. The van der Waals surface area contributed by atoms with Crippen LogP contribution in [-0.2, 0) is 4.79 Å². The first-order valence-electron chi connectivity index (χ1n) is 9.76. The molecule has 28 heavy (non-hydrogen) atoms. The van der Waals surface area contributed by atoms with E-state index in [4.69, 9.17) is 10.2 Å². The predicted molar refractivity (Wildman–Crippen MR) is 114 cm³/mol. The third-order valence-electron chi connectivity index (χ3n) is 6.66. The van der Waals surface area contributed by atoms with Gasteiger partial charge in [-0.2, -0.15) is 4.98 Å². The summed E-state index contributed by atoms with van der Waals surface area (Å²) in [4.78, 5) is 21.8. The van der Waals surface area contributed by atoms with Gasteiger partial charge in [0.15, 0.2) is 5.58 Å². The molecule has 1 aromatic carbocycles. The second kappa shape index (κ2) is 8.09. The lowest BCUT2D eigenvalue weighted by atomic mass is 9.84. The van der Waals surface area contributed by atoms with E-state index in [9.17, 15) is 4.79 Å². The topological polar surface area (TPSA) is 75.6 Å². The number of piperazine rings is 1. The number of benzene rings is 1. The summed E-state index contributed by atoms with van der Waals surface area (Å²) in [6.45, 7) is 5.01. The summed E-state index contributed by atoms with van der Waals surface area (Å²) in [7, 11) is 0. The van der Waals surface area contributed by atoms with Crippen molar-refractivity contribution in [1.29, 1.82) is 0 Å². The minimum atomic E-state index is 0. The number of carbonyl (C=O) groups excluding carboxylic acids is 1. The Morgan fingerprint density at radius 2 is 1.86 bits per heavy atom. The molecule has 1 saturated heterocycles. The summed E-state index contributed by atoms with van der Waals surface area (Å²) in [6.07, 6.45) is 3.54. The van der Waals surface area contributed by atoms with Crippen molar-refractivity contribution in [2.45, 2.75) is 32.2 Å². The first-order valence-corrected chi connectivity index (χ1v) is 9.76. The van der Waals surface area contributed by atoms with Gasteiger partial charge in [-0.05, 0) is 55.7 Å². The van der Waals surface area contributed by atoms with E-state index in [2.05, 4.69) is 16.8 Å². The lowest BCUT2D eigenvalue weighted by Crippen LogP contribution is -2.54. The number of hydrogen-bond donors (Lipinski definition) is 1. The Hall–Kier alpha value is -1.50. The van der Waals surface area contributed by atoms with Gasteiger partial charge in [-0.1, -0.05) is 6.07 Å². The molecule has 0 radical (unpaired) electrons. The highest BCUT2D eigenvalue weighted by atomic mass is 35.5. The third-order valence-corrected chi connectivity index (χ3v) is 6.66. The number of aromatic nitrogens is 1. The fourth-order valence-electron chi connectivity index (χ4n) is 5.19. The Balaban J connectivity index is 0.00000112. The van der Waals surface area contributed by atoms with Gasteiger partial charge < -0.3 is 20.0 Å². The maximum absolute atomic E-state index is 13.0. The number of oxazole rings is 1. The first kappa shape index (κ1) is 21.2. The molecule has 2 aliphatic carbocycles. The Bertz CT molecular complexity index is 848. The van der Waals surface area contributed by atoms with E-state index in [-0.39, 0.29) is 42.7 Å². The molecule has 3 aliphatic rings. The molecule has 154 valence electrons. The highest BCUT2D eigenvalue weighted by molar-refractivity contribution is 5.85. The van der Waals surface area contributed by atoms with E-state index in [0.29, 0.717) is 17.9 Å². The molecule has 3 fully saturated rings. The van der Waals surface area contributed by atoms with Crippen LogP contribution in [0.3, 0.4) is 0 Å². The molecule has 2 saturated carbocycles. The third kappa shape index (κ3) is 3.46. The average molecular weight is 427 g/mol. The predicted octanol–water partition coefficient (Wildman–Crippen LogP) is 3.00. The number of carbonyl (C=O) groups is 1. The summed E-state index contributed by atoms with van der Waals surface area (Å²) >= 11 is 0. The van der Waals surface area contributed by atoms with Crippen LogP contribution in [0.15, 0.2) is 22.6 Å². The van der Waals surface area contributed by atoms with Crippen LogP contribution in [0.2, 0.25) is 0 Å². The smallest absolute Gasteiger partial charge is 0.298 e. The number of halogens is 2. The van der Waals surface area contributed by atoms with Gasteiger partial charge in [-0.3, -0.25) is 4.79 Å². The molecule has 1 amide bonds. The summed E-state index contributed by atoms with van der Waals surface area (Å²) in [5.74, 6) is 1.41. The van der Waals surface area contributed by atoms with Crippen molar-refractivity contribution in [1.82, 2.24) is 9.88 Å². The lowest BCUT2D eigenvalue weighted by molar-refractivity contribution is -0.138. The normalized spacial score (nSPS) is 28.9. The van der Waals surface area contributed by atoms with Gasteiger partial charge in [-0.15, -0.1) is 24.8 Å². The van der Waals surface area contributed by atoms with Gasteiger partial charge in [0.05, 0.1) is 5.92 Å². The second-order valence-corrected chi connectivity index (χ2v) is 8.22. The number of fused-ring (bicyclic) bond motifs is 3. The Morgan fingerprint density at radius 3 is 2.54 bits per heavy atom. The quantitative estimate of drug-likeness (QED) is 0.798. The molecule has 5 rings (SSSR count). The fraction of sp³-hybridized carbons (Fsp3) is 0.600. The van der Waals surface area contributed by atoms with Crippen LogP contribution in [0, 0.1) is 24.7 Å². The van der Waals surface area contributed by atoms with E-state index in [1.165, 1.54) is 18.4 Å². The number of nitrogens with two attached hydrogens (primary N) is 1. The van der Waals surface area contributed by atoms with Crippen LogP contribution >= 0.6 is 24.8 Å². The maximum atomic E-state index is 13.0. The zero-order chi connectivity index (χ0) is 17.8. The minimum absolute atomic E-state index is 0. The Kier molecular flexibility index (Phi) is 6.13. The molecule has 8 heteroatoms. The zero-order valence-corrected chi connectivity index (χ0v) is 17.7. The standard InChI is InChI=1S/C20H26N4O2.2ClH/c1-12-2-5-16-15(10-12)22-20(26-16)24-8-6-23(7-9-24)19(25)17-13-3-4-14(11-13)18(17)21;;/h2,5,10,13-14,17-18H,3-4,6-9,11,21H2,1H3;2*1H. The molecule has 2 heterocycles. The number of hydrogen-bond acceptors (Lipinski definition) is 5. The number of nitrogens with zero attached hydrogens (tertiary/aromatic N) is 3. The molecule has 1 aromatic heterocycles. The monoisotopic (exact) mass is 426 g/mol. The van der Waals surface area contributed by atoms with Gasteiger partial charge in [-0.25, -0.2) is 0 Å². The van der Waals surface area contributed by atoms with Gasteiger partial charge in [0.25, 0.3) is 6.01 Å². The van der Waals surface area contributed by atoms with Gasteiger partial charge in [0, 0.05) is 32.2 Å². The molecule has 0 spiro atoms. The number of aryl methyl sites for hydroxylation is 1. The van der Waals surface area contributed by atoms with Crippen molar-refractivity contribution in [3.8, 4) is 0 Å².